The van der Waals surface area contributed by atoms with Gasteiger partial charge in [-0.3, -0.25) is 14.6 Å². The van der Waals surface area contributed by atoms with Crippen LogP contribution in [0.25, 0.3) is 0 Å². The first kappa shape index (κ1) is 17.3. The van der Waals surface area contributed by atoms with E-state index in [0.717, 1.165) is 70.1 Å². The van der Waals surface area contributed by atoms with Gasteiger partial charge < -0.3 is 14.8 Å². The third kappa shape index (κ3) is 4.12. The first-order valence-electron chi connectivity index (χ1n) is 8.75. The Morgan fingerprint density at radius 1 is 1.08 bits per heavy atom. The van der Waals surface area contributed by atoms with Crippen molar-refractivity contribution in [3.05, 3.63) is 11.6 Å². The summed E-state index contributed by atoms with van der Waals surface area (Å²) in [5.41, 5.74) is 0. The van der Waals surface area contributed by atoms with Crippen LogP contribution < -0.4 is 0 Å². The molecule has 2 fully saturated rings. The Balaban J connectivity index is 1.56. The van der Waals surface area contributed by atoms with E-state index in [1.807, 2.05) is 11.9 Å². The van der Waals surface area contributed by atoms with Crippen LogP contribution in [0.3, 0.4) is 0 Å². The van der Waals surface area contributed by atoms with Crippen molar-refractivity contribution in [3.63, 3.8) is 0 Å². The smallest absolute Gasteiger partial charge is 0.317 e. The van der Waals surface area contributed by atoms with Crippen LogP contribution in [0.2, 0.25) is 0 Å². The van der Waals surface area contributed by atoms with E-state index in [2.05, 4.69) is 19.7 Å². The van der Waals surface area contributed by atoms with E-state index in [1.54, 1.807) is 0 Å². The van der Waals surface area contributed by atoms with Crippen LogP contribution >= 0.6 is 0 Å². The van der Waals surface area contributed by atoms with Crippen LogP contribution in [0, 0.1) is 0 Å². The van der Waals surface area contributed by atoms with Crippen molar-refractivity contribution < 1.29 is 15.0 Å². The van der Waals surface area contributed by atoms with Gasteiger partial charge in [-0.25, -0.2) is 0 Å². The van der Waals surface area contributed by atoms with Crippen LogP contribution in [0.1, 0.15) is 43.3 Å². The minimum absolute atomic E-state index is 0.123. The second kappa shape index (κ2) is 7.58. The summed E-state index contributed by atoms with van der Waals surface area (Å²) in [6.45, 7) is 4.28. The van der Waals surface area contributed by atoms with E-state index < -0.39 is 5.97 Å². The third-order valence-electron chi connectivity index (χ3n) is 5.23. The number of aliphatic hydroxyl groups excluding tert-OH is 1. The molecule has 2 aliphatic heterocycles. The number of likely N-dealkylation sites (tertiary alicyclic amines) is 2. The Kier molecular flexibility index (Phi) is 5.47. The number of hydrogen-bond donors (Lipinski definition) is 2. The maximum atomic E-state index is 10.8. The fraction of sp³-hybridized carbons (Fsp3) is 0.812. The molecule has 2 aliphatic rings. The fourth-order valence-corrected chi connectivity index (χ4v) is 3.69. The van der Waals surface area contributed by atoms with Crippen molar-refractivity contribution >= 4 is 5.97 Å². The number of aromatic nitrogens is 3. The number of rotatable bonds is 5. The van der Waals surface area contributed by atoms with Crippen molar-refractivity contribution in [2.24, 2.45) is 7.05 Å². The molecule has 0 aromatic carbocycles. The Labute approximate surface area is 142 Å². The molecule has 0 saturated carbocycles. The number of aliphatic hydroxyl groups is 1. The zero-order valence-corrected chi connectivity index (χ0v) is 14.3. The lowest BCUT2D eigenvalue weighted by molar-refractivity contribution is -0.138. The quantitative estimate of drug-likeness (QED) is 0.783. The average molecular weight is 337 g/mol. The Morgan fingerprint density at radius 2 is 1.71 bits per heavy atom. The van der Waals surface area contributed by atoms with Crippen LogP contribution in [-0.2, 0) is 18.4 Å². The Morgan fingerprint density at radius 3 is 2.33 bits per heavy atom. The van der Waals surface area contributed by atoms with Gasteiger partial charge in [-0.2, -0.15) is 0 Å². The number of nitrogens with zero attached hydrogens (tertiary/aromatic N) is 5. The van der Waals surface area contributed by atoms with E-state index in [-0.39, 0.29) is 12.6 Å². The highest BCUT2D eigenvalue weighted by Crippen LogP contribution is 2.27. The predicted molar refractivity (Wildman–Crippen MR) is 87.6 cm³/mol. The van der Waals surface area contributed by atoms with Gasteiger partial charge in [-0.15, -0.1) is 10.2 Å². The molecule has 1 aromatic heterocycles. The van der Waals surface area contributed by atoms with Gasteiger partial charge in [0, 0.05) is 26.1 Å². The predicted octanol–water partition coefficient (Wildman–Crippen LogP) is 0.0358. The van der Waals surface area contributed by atoms with Gasteiger partial charge in [0.25, 0.3) is 0 Å². The minimum atomic E-state index is -0.763. The number of carbonyl (C=O) groups is 1. The van der Waals surface area contributed by atoms with Crippen molar-refractivity contribution in [1.82, 2.24) is 24.6 Å². The van der Waals surface area contributed by atoms with E-state index in [9.17, 15) is 9.90 Å². The molecule has 24 heavy (non-hydrogen) atoms. The molecule has 1 aromatic rings. The number of carboxylic acid groups (broad SMARTS) is 1. The third-order valence-corrected chi connectivity index (χ3v) is 5.23. The molecule has 2 saturated heterocycles. The first-order valence-corrected chi connectivity index (χ1v) is 8.75. The molecule has 3 heterocycles. The van der Waals surface area contributed by atoms with Crippen molar-refractivity contribution in [2.75, 3.05) is 32.7 Å². The molecule has 0 radical (unpaired) electrons. The molecule has 0 atom stereocenters. The van der Waals surface area contributed by atoms with Crippen molar-refractivity contribution in [1.29, 1.82) is 0 Å². The maximum Gasteiger partial charge on any atom is 0.317 e. The van der Waals surface area contributed by atoms with Gasteiger partial charge in [0.1, 0.15) is 11.6 Å². The molecule has 3 rings (SSSR count). The maximum absolute atomic E-state index is 10.8. The van der Waals surface area contributed by atoms with Crippen LogP contribution in [0.15, 0.2) is 0 Å². The molecule has 8 heteroatoms. The number of carboxylic acids is 1. The van der Waals surface area contributed by atoms with Crippen LogP contribution in [0.5, 0.6) is 0 Å². The number of aliphatic carboxylic acids is 1. The van der Waals surface area contributed by atoms with E-state index in [1.165, 1.54) is 0 Å². The van der Waals surface area contributed by atoms with E-state index in [4.69, 9.17) is 5.11 Å². The normalized spacial score (nSPS) is 22.1. The first-order chi connectivity index (χ1) is 11.5. The lowest BCUT2D eigenvalue weighted by Gasteiger charge is -2.30. The largest absolute Gasteiger partial charge is 0.480 e. The van der Waals surface area contributed by atoms with Crippen LogP contribution in [-0.4, -0.2) is 79.6 Å². The molecule has 0 aliphatic carbocycles. The van der Waals surface area contributed by atoms with E-state index >= 15 is 0 Å². The molecule has 0 bridgehead atoms. The van der Waals surface area contributed by atoms with Gasteiger partial charge in [0.15, 0.2) is 0 Å². The van der Waals surface area contributed by atoms with Gasteiger partial charge in [0.05, 0.1) is 19.2 Å². The molecule has 134 valence electrons. The topological polar surface area (TPSA) is 94.7 Å². The summed E-state index contributed by atoms with van der Waals surface area (Å²) < 4.78 is 2.10. The summed E-state index contributed by atoms with van der Waals surface area (Å²) in [6.07, 6.45) is 3.34. The molecule has 2 N–H and O–H groups in total. The summed E-state index contributed by atoms with van der Waals surface area (Å²) >= 11 is 0. The second-order valence-corrected chi connectivity index (χ2v) is 6.98. The Bertz CT molecular complexity index is 560. The van der Waals surface area contributed by atoms with Gasteiger partial charge >= 0.3 is 5.97 Å². The monoisotopic (exact) mass is 337 g/mol. The molecular formula is C16H27N5O3. The molecular weight excluding hydrogens is 310 g/mol. The highest BCUT2D eigenvalue weighted by molar-refractivity contribution is 5.69. The zero-order valence-electron chi connectivity index (χ0n) is 14.3. The minimum Gasteiger partial charge on any atom is -0.480 e. The van der Waals surface area contributed by atoms with Crippen molar-refractivity contribution in [2.45, 2.75) is 44.2 Å². The van der Waals surface area contributed by atoms with Crippen molar-refractivity contribution in [3.8, 4) is 0 Å². The molecule has 0 spiro atoms. The van der Waals surface area contributed by atoms with Gasteiger partial charge in [0.2, 0.25) is 0 Å². The molecule has 8 nitrogen and oxygen atoms in total. The fourth-order valence-electron chi connectivity index (χ4n) is 3.69. The number of hydrogen-bond acceptors (Lipinski definition) is 6. The molecule has 0 amide bonds. The van der Waals surface area contributed by atoms with Gasteiger partial charge in [-0.1, -0.05) is 0 Å². The lowest BCUT2D eigenvalue weighted by atomic mass is 9.96. The standard InChI is InChI=1S/C16H27N5O3/c1-19-14(10-20-8-4-13(22)5-9-20)17-18-16(19)12-2-6-21(7-3-12)11-15(23)24/h12-13,22H,2-11H2,1H3,(H,23,24). The average Bonchev–Trinajstić information content (AvgIpc) is 2.91. The highest BCUT2D eigenvalue weighted by Gasteiger charge is 2.26. The summed E-state index contributed by atoms with van der Waals surface area (Å²) in [5, 5.41) is 27.3. The lowest BCUT2D eigenvalue weighted by Crippen LogP contribution is -2.37. The summed E-state index contributed by atoms with van der Waals surface area (Å²) in [4.78, 5) is 15.1. The number of piperidine rings is 2. The Hall–Kier alpha value is -1.51. The van der Waals surface area contributed by atoms with Gasteiger partial charge in [-0.05, 0) is 38.8 Å². The molecule has 0 unspecified atom stereocenters. The SMILES string of the molecule is Cn1c(CN2CCC(O)CC2)nnc1C1CCN(CC(=O)O)CC1. The second-order valence-electron chi connectivity index (χ2n) is 6.98. The summed E-state index contributed by atoms with van der Waals surface area (Å²) in [7, 11) is 2.02. The zero-order chi connectivity index (χ0) is 17.1. The summed E-state index contributed by atoms with van der Waals surface area (Å²) in [5.74, 6) is 1.57. The van der Waals surface area contributed by atoms with Crippen LogP contribution in [0.4, 0.5) is 0 Å². The highest BCUT2D eigenvalue weighted by atomic mass is 16.4. The van der Waals surface area contributed by atoms with E-state index in [0.29, 0.717) is 5.92 Å². The summed E-state index contributed by atoms with van der Waals surface area (Å²) in [6, 6.07) is 0.